The summed E-state index contributed by atoms with van der Waals surface area (Å²) in [6.45, 7) is 4.79. The van der Waals surface area contributed by atoms with Gasteiger partial charge >= 0.3 is 0 Å². The number of nitrogens with zero attached hydrogens (tertiary/aromatic N) is 1. The molecule has 2 aromatic rings. The molecule has 15 heavy (non-hydrogen) atoms. The van der Waals surface area contributed by atoms with Gasteiger partial charge in [0.05, 0.1) is 12.2 Å². The van der Waals surface area contributed by atoms with E-state index in [1.54, 1.807) is 11.3 Å². The molecule has 0 aliphatic rings. The van der Waals surface area contributed by atoms with Crippen molar-refractivity contribution in [2.24, 2.45) is 0 Å². The molecule has 2 heterocycles. The summed E-state index contributed by atoms with van der Waals surface area (Å²) in [4.78, 5) is 0. The van der Waals surface area contributed by atoms with E-state index in [4.69, 9.17) is 4.52 Å². The van der Waals surface area contributed by atoms with Crippen molar-refractivity contribution in [3.05, 3.63) is 39.9 Å². The Bertz CT molecular complexity index is 408. The standard InChI is InChI=1S/C11H14N2OS/c1-8-5-11(14-13-8)6-12-9(2)10-3-4-15-7-10/h3-5,7,9,12H,6H2,1-2H3. The Labute approximate surface area is 93.1 Å². The molecule has 0 fully saturated rings. The van der Waals surface area contributed by atoms with Crippen molar-refractivity contribution in [3.63, 3.8) is 0 Å². The highest BCUT2D eigenvalue weighted by Gasteiger charge is 2.06. The fourth-order valence-electron chi connectivity index (χ4n) is 1.39. The lowest BCUT2D eigenvalue weighted by Crippen LogP contribution is -2.17. The van der Waals surface area contributed by atoms with Crippen LogP contribution in [0.2, 0.25) is 0 Å². The number of nitrogens with one attached hydrogen (secondary N) is 1. The average Bonchev–Trinajstić information content (AvgIpc) is 2.84. The molecule has 0 amide bonds. The van der Waals surface area contributed by atoms with Crippen molar-refractivity contribution in [3.8, 4) is 0 Å². The lowest BCUT2D eigenvalue weighted by molar-refractivity contribution is 0.363. The van der Waals surface area contributed by atoms with Crippen LogP contribution in [-0.2, 0) is 6.54 Å². The molecule has 0 spiro atoms. The second kappa shape index (κ2) is 4.59. The van der Waals surface area contributed by atoms with Crippen molar-refractivity contribution in [2.75, 3.05) is 0 Å². The first-order chi connectivity index (χ1) is 7.25. The summed E-state index contributed by atoms with van der Waals surface area (Å²) < 4.78 is 5.12. The third-order valence-corrected chi connectivity index (χ3v) is 3.00. The molecule has 3 nitrogen and oxygen atoms in total. The van der Waals surface area contributed by atoms with E-state index in [1.165, 1.54) is 5.56 Å². The first-order valence-electron chi connectivity index (χ1n) is 4.93. The predicted molar refractivity (Wildman–Crippen MR) is 60.8 cm³/mol. The smallest absolute Gasteiger partial charge is 0.150 e. The minimum absolute atomic E-state index is 0.349. The van der Waals surface area contributed by atoms with E-state index in [9.17, 15) is 0 Å². The van der Waals surface area contributed by atoms with E-state index in [-0.39, 0.29) is 0 Å². The first-order valence-corrected chi connectivity index (χ1v) is 5.87. The molecule has 80 valence electrons. The van der Waals surface area contributed by atoms with Crippen molar-refractivity contribution in [1.29, 1.82) is 0 Å². The molecule has 0 aliphatic carbocycles. The summed E-state index contributed by atoms with van der Waals surface area (Å²) in [5.41, 5.74) is 2.24. The van der Waals surface area contributed by atoms with Crippen molar-refractivity contribution >= 4 is 11.3 Å². The van der Waals surface area contributed by atoms with Crippen LogP contribution in [0.4, 0.5) is 0 Å². The topological polar surface area (TPSA) is 38.1 Å². The maximum Gasteiger partial charge on any atom is 0.150 e. The largest absolute Gasteiger partial charge is 0.360 e. The predicted octanol–water partition coefficient (Wildman–Crippen LogP) is 2.90. The van der Waals surface area contributed by atoms with E-state index in [0.717, 1.165) is 18.0 Å². The van der Waals surface area contributed by atoms with Crippen LogP contribution in [0.5, 0.6) is 0 Å². The summed E-state index contributed by atoms with van der Waals surface area (Å²) in [5, 5.41) is 11.5. The zero-order chi connectivity index (χ0) is 10.7. The zero-order valence-electron chi connectivity index (χ0n) is 8.86. The maximum atomic E-state index is 5.12. The minimum atomic E-state index is 0.349. The number of rotatable bonds is 4. The fraction of sp³-hybridized carbons (Fsp3) is 0.364. The molecule has 1 N–H and O–H groups in total. The quantitative estimate of drug-likeness (QED) is 0.864. The van der Waals surface area contributed by atoms with Gasteiger partial charge in [-0.2, -0.15) is 11.3 Å². The molecule has 0 radical (unpaired) electrons. The van der Waals surface area contributed by atoms with Crippen LogP contribution in [0, 0.1) is 6.92 Å². The second-order valence-corrected chi connectivity index (χ2v) is 4.37. The molecule has 0 aromatic carbocycles. The maximum absolute atomic E-state index is 5.12. The van der Waals surface area contributed by atoms with Crippen molar-refractivity contribution < 1.29 is 4.52 Å². The summed E-state index contributed by atoms with van der Waals surface area (Å²) in [5.74, 6) is 0.884. The third-order valence-electron chi connectivity index (χ3n) is 2.30. The van der Waals surface area contributed by atoms with E-state index in [1.807, 2.05) is 13.0 Å². The number of thiophene rings is 1. The lowest BCUT2D eigenvalue weighted by Gasteiger charge is -2.10. The molecule has 0 aliphatic heterocycles. The summed E-state index contributed by atoms with van der Waals surface area (Å²) in [7, 11) is 0. The molecule has 0 saturated heterocycles. The van der Waals surface area contributed by atoms with Crippen LogP contribution in [0.1, 0.15) is 30.0 Å². The van der Waals surface area contributed by atoms with Crippen LogP contribution in [0.25, 0.3) is 0 Å². The molecule has 2 rings (SSSR count). The molecule has 0 saturated carbocycles. The van der Waals surface area contributed by atoms with Gasteiger partial charge in [0.25, 0.3) is 0 Å². The Balaban J connectivity index is 1.88. The van der Waals surface area contributed by atoms with Gasteiger partial charge in [0.1, 0.15) is 0 Å². The monoisotopic (exact) mass is 222 g/mol. The van der Waals surface area contributed by atoms with Gasteiger partial charge in [-0.25, -0.2) is 0 Å². The molecule has 4 heteroatoms. The van der Waals surface area contributed by atoms with Crippen LogP contribution >= 0.6 is 11.3 Å². The van der Waals surface area contributed by atoms with E-state index in [0.29, 0.717) is 6.04 Å². The van der Waals surface area contributed by atoms with Gasteiger partial charge < -0.3 is 9.84 Å². The number of aromatic nitrogens is 1. The Morgan fingerprint density at radius 1 is 1.60 bits per heavy atom. The van der Waals surface area contributed by atoms with Gasteiger partial charge in [-0.15, -0.1) is 0 Å². The second-order valence-electron chi connectivity index (χ2n) is 3.59. The van der Waals surface area contributed by atoms with Gasteiger partial charge in [-0.1, -0.05) is 5.16 Å². The van der Waals surface area contributed by atoms with Gasteiger partial charge in [-0.3, -0.25) is 0 Å². The highest BCUT2D eigenvalue weighted by atomic mass is 32.1. The Kier molecular flexibility index (Phi) is 3.18. The summed E-state index contributed by atoms with van der Waals surface area (Å²) >= 11 is 1.72. The van der Waals surface area contributed by atoms with Crippen LogP contribution in [0.15, 0.2) is 27.4 Å². The third kappa shape index (κ3) is 2.67. The Hall–Kier alpha value is -1.13. The van der Waals surface area contributed by atoms with E-state index >= 15 is 0 Å². The molecule has 0 bridgehead atoms. The molecular weight excluding hydrogens is 208 g/mol. The van der Waals surface area contributed by atoms with Crippen LogP contribution in [0.3, 0.4) is 0 Å². The van der Waals surface area contributed by atoms with Gasteiger partial charge in [0.2, 0.25) is 0 Å². The SMILES string of the molecule is Cc1cc(CNC(C)c2ccsc2)on1. The molecular formula is C11H14N2OS. The van der Waals surface area contributed by atoms with Crippen LogP contribution < -0.4 is 5.32 Å². The van der Waals surface area contributed by atoms with E-state index < -0.39 is 0 Å². The molecule has 1 atom stereocenters. The fourth-order valence-corrected chi connectivity index (χ4v) is 2.15. The zero-order valence-corrected chi connectivity index (χ0v) is 9.67. The normalized spacial score (nSPS) is 12.9. The van der Waals surface area contributed by atoms with Crippen molar-refractivity contribution in [2.45, 2.75) is 26.4 Å². The first kappa shape index (κ1) is 10.4. The number of aryl methyl sites for hydroxylation is 1. The van der Waals surface area contributed by atoms with Gasteiger partial charge in [-0.05, 0) is 36.2 Å². The highest BCUT2D eigenvalue weighted by molar-refractivity contribution is 7.07. The van der Waals surface area contributed by atoms with Gasteiger partial charge in [0, 0.05) is 12.1 Å². The number of hydrogen-bond donors (Lipinski definition) is 1. The van der Waals surface area contributed by atoms with Crippen LogP contribution in [-0.4, -0.2) is 5.16 Å². The highest BCUT2D eigenvalue weighted by Crippen LogP contribution is 2.16. The van der Waals surface area contributed by atoms with Gasteiger partial charge in [0.15, 0.2) is 5.76 Å². The molecule has 1 unspecified atom stereocenters. The Morgan fingerprint density at radius 3 is 3.07 bits per heavy atom. The summed E-state index contributed by atoms with van der Waals surface area (Å²) in [6, 6.07) is 4.43. The van der Waals surface area contributed by atoms with E-state index in [2.05, 4.69) is 34.2 Å². The lowest BCUT2D eigenvalue weighted by atomic mass is 10.2. The summed E-state index contributed by atoms with van der Waals surface area (Å²) in [6.07, 6.45) is 0. The Morgan fingerprint density at radius 2 is 2.47 bits per heavy atom. The van der Waals surface area contributed by atoms with Crippen molar-refractivity contribution in [1.82, 2.24) is 10.5 Å². The number of hydrogen-bond acceptors (Lipinski definition) is 4. The minimum Gasteiger partial charge on any atom is -0.360 e. The average molecular weight is 222 g/mol. The molecule has 2 aromatic heterocycles.